The second-order valence-electron chi connectivity index (χ2n) is 3.35. The van der Waals surface area contributed by atoms with Crippen LogP contribution in [0.4, 0.5) is 13.2 Å². The van der Waals surface area contributed by atoms with E-state index in [-0.39, 0.29) is 11.3 Å². The molecule has 90 valence electrons. The topological polar surface area (TPSA) is 55.5 Å². The fourth-order valence-electron chi connectivity index (χ4n) is 1.20. The van der Waals surface area contributed by atoms with Crippen LogP contribution in [0.2, 0.25) is 0 Å². The molecule has 0 spiro atoms. The van der Waals surface area contributed by atoms with Gasteiger partial charge in [-0.15, -0.1) is 0 Å². The Kier molecular flexibility index (Phi) is 3.64. The number of hydrogen-bond donors (Lipinski definition) is 2. The molecule has 0 fully saturated rings. The number of phenols is 1. The summed E-state index contributed by atoms with van der Waals surface area (Å²) in [6.07, 6.45) is -4.96. The molecule has 0 aliphatic rings. The van der Waals surface area contributed by atoms with Crippen LogP contribution in [0.3, 0.4) is 0 Å². The third-order valence-corrected chi connectivity index (χ3v) is 2.15. The molecule has 3 N–H and O–H groups in total. The number of phenolic OH excluding ortho intramolecular Hbond substituents is 1. The number of aromatic hydroxyl groups is 1. The maximum atomic E-state index is 12.2. The summed E-state index contributed by atoms with van der Waals surface area (Å²) >= 11 is 0. The standard InChI is InChI=1S/C10H12F3NO2/c1-16-7-2-3-8(15)6(4-7)5-9(14)10(11,12)13/h2-4,9,15H,5,14H2,1H3. The lowest BCUT2D eigenvalue weighted by molar-refractivity contribution is -0.147. The SMILES string of the molecule is COc1ccc(O)c(CC(N)C(F)(F)F)c1. The van der Waals surface area contributed by atoms with Crippen LogP contribution >= 0.6 is 0 Å². The Morgan fingerprint density at radius 2 is 2.06 bits per heavy atom. The van der Waals surface area contributed by atoms with Crippen LogP contribution in [0, 0.1) is 0 Å². The molecule has 0 saturated heterocycles. The van der Waals surface area contributed by atoms with Crippen LogP contribution in [0.25, 0.3) is 0 Å². The van der Waals surface area contributed by atoms with E-state index in [1.807, 2.05) is 0 Å². The highest BCUT2D eigenvalue weighted by atomic mass is 19.4. The maximum Gasteiger partial charge on any atom is 0.403 e. The molecular weight excluding hydrogens is 223 g/mol. The molecule has 0 aliphatic heterocycles. The zero-order valence-electron chi connectivity index (χ0n) is 8.58. The van der Waals surface area contributed by atoms with E-state index in [0.29, 0.717) is 5.75 Å². The summed E-state index contributed by atoms with van der Waals surface area (Å²) in [5, 5.41) is 9.37. The molecule has 16 heavy (non-hydrogen) atoms. The van der Waals surface area contributed by atoms with Crippen molar-refractivity contribution >= 4 is 0 Å². The lowest BCUT2D eigenvalue weighted by Gasteiger charge is -2.16. The van der Waals surface area contributed by atoms with Gasteiger partial charge in [0.25, 0.3) is 0 Å². The molecule has 0 heterocycles. The number of methoxy groups -OCH3 is 1. The van der Waals surface area contributed by atoms with Crippen LogP contribution in [0.15, 0.2) is 18.2 Å². The first-order chi connectivity index (χ1) is 7.34. The maximum absolute atomic E-state index is 12.2. The number of nitrogens with two attached hydrogens (primary N) is 1. The first-order valence-corrected chi connectivity index (χ1v) is 4.52. The largest absolute Gasteiger partial charge is 0.508 e. The van der Waals surface area contributed by atoms with Crippen molar-refractivity contribution in [3.63, 3.8) is 0 Å². The second kappa shape index (κ2) is 4.61. The molecule has 6 heteroatoms. The van der Waals surface area contributed by atoms with E-state index in [1.54, 1.807) is 0 Å². The molecular formula is C10H12F3NO2. The van der Waals surface area contributed by atoms with Crippen molar-refractivity contribution in [1.29, 1.82) is 0 Å². The molecule has 0 aromatic heterocycles. The van der Waals surface area contributed by atoms with Gasteiger partial charge >= 0.3 is 6.18 Å². The molecule has 0 amide bonds. The van der Waals surface area contributed by atoms with Crippen LogP contribution in [-0.2, 0) is 6.42 Å². The Morgan fingerprint density at radius 1 is 1.44 bits per heavy atom. The minimum Gasteiger partial charge on any atom is -0.508 e. The third-order valence-electron chi connectivity index (χ3n) is 2.15. The van der Waals surface area contributed by atoms with Gasteiger partial charge in [-0.25, -0.2) is 0 Å². The molecule has 1 aromatic carbocycles. The Hall–Kier alpha value is -1.43. The van der Waals surface area contributed by atoms with E-state index in [4.69, 9.17) is 10.5 Å². The van der Waals surface area contributed by atoms with Crippen LogP contribution in [0.1, 0.15) is 5.56 Å². The van der Waals surface area contributed by atoms with Gasteiger partial charge in [0.2, 0.25) is 0 Å². The summed E-state index contributed by atoms with van der Waals surface area (Å²) in [4.78, 5) is 0. The summed E-state index contributed by atoms with van der Waals surface area (Å²) in [5.74, 6) is 0.155. The Bertz CT molecular complexity index is 366. The van der Waals surface area contributed by atoms with E-state index >= 15 is 0 Å². The summed E-state index contributed by atoms with van der Waals surface area (Å²) in [6, 6.07) is 2.07. The van der Waals surface area contributed by atoms with Gasteiger partial charge in [0.05, 0.1) is 7.11 Å². The average molecular weight is 235 g/mol. The Labute approximate surface area is 90.6 Å². The molecule has 0 saturated carbocycles. The Balaban J connectivity index is 2.88. The quantitative estimate of drug-likeness (QED) is 0.840. The average Bonchev–Trinajstić information content (AvgIpc) is 2.19. The molecule has 1 unspecified atom stereocenters. The second-order valence-corrected chi connectivity index (χ2v) is 3.35. The lowest BCUT2D eigenvalue weighted by Crippen LogP contribution is -2.39. The summed E-state index contributed by atoms with van der Waals surface area (Å²) in [6.45, 7) is 0. The van der Waals surface area contributed by atoms with Gasteiger partial charge in [-0.05, 0) is 23.8 Å². The first kappa shape index (κ1) is 12.6. The van der Waals surface area contributed by atoms with Crippen molar-refractivity contribution in [2.24, 2.45) is 5.73 Å². The molecule has 1 aromatic rings. The van der Waals surface area contributed by atoms with Crippen molar-refractivity contribution < 1.29 is 23.0 Å². The zero-order chi connectivity index (χ0) is 12.3. The molecule has 0 aliphatic carbocycles. The highest BCUT2D eigenvalue weighted by Crippen LogP contribution is 2.27. The highest BCUT2D eigenvalue weighted by Gasteiger charge is 2.36. The predicted octanol–water partition coefficient (Wildman–Crippen LogP) is 1.83. The molecule has 1 rings (SSSR count). The van der Waals surface area contributed by atoms with Crippen LogP contribution in [0.5, 0.6) is 11.5 Å². The lowest BCUT2D eigenvalue weighted by atomic mass is 10.0. The van der Waals surface area contributed by atoms with Crippen LogP contribution in [-0.4, -0.2) is 24.4 Å². The number of benzene rings is 1. The minimum atomic E-state index is -4.48. The van der Waals surface area contributed by atoms with Crippen molar-refractivity contribution in [3.8, 4) is 11.5 Å². The van der Waals surface area contributed by atoms with E-state index < -0.39 is 18.6 Å². The monoisotopic (exact) mass is 235 g/mol. The number of alkyl halides is 3. The minimum absolute atomic E-state index is 0.115. The molecule has 0 bridgehead atoms. The van der Waals surface area contributed by atoms with E-state index in [0.717, 1.165) is 0 Å². The number of ether oxygens (including phenoxy) is 1. The number of hydrogen-bond acceptors (Lipinski definition) is 3. The van der Waals surface area contributed by atoms with Crippen molar-refractivity contribution in [1.82, 2.24) is 0 Å². The predicted molar refractivity (Wildman–Crippen MR) is 52.4 cm³/mol. The van der Waals surface area contributed by atoms with E-state index in [9.17, 15) is 18.3 Å². The zero-order valence-corrected chi connectivity index (χ0v) is 8.58. The summed E-state index contributed by atoms with van der Waals surface area (Å²) in [5.41, 5.74) is 5.08. The van der Waals surface area contributed by atoms with Gasteiger partial charge < -0.3 is 15.6 Å². The van der Waals surface area contributed by atoms with E-state index in [2.05, 4.69) is 0 Å². The van der Waals surface area contributed by atoms with Gasteiger partial charge in [0.15, 0.2) is 0 Å². The van der Waals surface area contributed by atoms with Gasteiger partial charge in [0, 0.05) is 6.42 Å². The summed E-state index contributed by atoms with van der Waals surface area (Å²) < 4.78 is 41.5. The first-order valence-electron chi connectivity index (χ1n) is 4.52. The smallest absolute Gasteiger partial charge is 0.403 e. The van der Waals surface area contributed by atoms with Gasteiger partial charge in [0.1, 0.15) is 17.5 Å². The number of rotatable bonds is 3. The normalized spacial score (nSPS) is 13.6. The third kappa shape index (κ3) is 3.03. The van der Waals surface area contributed by atoms with Crippen LogP contribution < -0.4 is 10.5 Å². The van der Waals surface area contributed by atoms with Gasteiger partial charge in [-0.2, -0.15) is 13.2 Å². The highest BCUT2D eigenvalue weighted by molar-refractivity contribution is 5.39. The fourth-order valence-corrected chi connectivity index (χ4v) is 1.20. The Morgan fingerprint density at radius 3 is 2.56 bits per heavy atom. The summed E-state index contributed by atoms with van der Waals surface area (Å²) in [7, 11) is 1.39. The fraction of sp³-hybridized carbons (Fsp3) is 0.400. The van der Waals surface area contributed by atoms with Gasteiger partial charge in [-0.1, -0.05) is 0 Å². The number of halogens is 3. The van der Waals surface area contributed by atoms with Crippen molar-refractivity contribution in [3.05, 3.63) is 23.8 Å². The van der Waals surface area contributed by atoms with Crippen molar-refractivity contribution in [2.45, 2.75) is 18.6 Å². The van der Waals surface area contributed by atoms with Gasteiger partial charge in [-0.3, -0.25) is 0 Å². The molecule has 0 radical (unpaired) electrons. The molecule has 3 nitrogen and oxygen atoms in total. The molecule has 1 atom stereocenters. The van der Waals surface area contributed by atoms with E-state index in [1.165, 1.54) is 25.3 Å². The van der Waals surface area contributed by atoms with Crippen molar-refractivity contribution in [2.75, 3.05) is 7.11 Å².